The Bertz CT molecular complexity index is 3200. The largest absolute Gasteiger partial charge is 0.324 e. The van der Waals surface area contributed by atoms with Crippen LogP contribution in [0.3, 0.4) is 0 Å². The van der Waals surface area contributed by atoms with E-state index in [0.29, 0.717) is 0 Å². The van der Waals surface area contributed by atoms with Crippen LogP contribution in [0.2, 0.25) is 0 Å². The van der Waals surface area contributed by atoms with E-state index in [1.165, 1.54) is 52.6 Å². The molecule has 1 heterocycles. The minimum absolute atomic E-state index is 0.457. The van der Waals surface area contributed by atoms with Crippen molar-refractivity contribution in [2.45, 2.75) is 6.17 Å². The van der Waals surface area contributed by atoms with Gasteiger partial charge in [0, 0.05) is 11.1 Å². The number of nitrogens with zero attached hydrogens (tertiary/aromatic N) is 2. The highest BCUT2D eigenvalue weighted by Gasteiger charge is 2.46. The normalized spacial score (nSPS) is 13.7. The van der Waals surface area contributed by atoms with Gasteiger partial charge in [0.15, 0.2) is 22.3 Å². The third-order valence-corrected chi connectivity index (χ3v) is 22.9. The van der Waals surface area contributed by atoms with Crippen LogP contribution in [0, 0.1) is 0 Å². The Morgan fingerprint density at radius 1 is 0.250 bits per heavy atom. The van der Waals surface area contributed by atoms with Crippen molar-refractivity contribution in [1.29, 1.82) is 0 Å². The lowest BCUT2D eigenvalue weighted by molar-refractivity contribution is 0.756. The zero-order valence-electron chi connectivity index (χ0n) is 37.6. The molecule has 0 spiro atoms. The monoisotopic (exact) mass is 903 g/mol. The second-order valence-electron chi connectivity index (χ2n) is 17.3. The highest BCUT2D eigenvalue weighted by atomic mass is 28.3. The van der Waals surface area contributed by atoms with Gasteiger partial charge in [0.2, 0.25) is 0 Å². The lowest BCUT2D eigenvalue weighted by Gasteiger charge is -2.38. The van der Waals surface area contributed by atoms with E-state index < -0.39 is 22.3 Å². The summed E-state index contributed by atoms with van der Waals surface area (Å²) in [5.41, 5.74) is 5.44. The van der Waals surface area contributed by atoms with Gasteiger partial charge in [0.25, 0.3) is 0 Å². The second kappa shape index (κ2) is 18.9. The van der Waals surface area contributed by atoms with Crippen LogP contribution in [0.5, 0.6) is 0 Å². The van der Waals surface area contributed by atoms with E-state index in [0.717, 1.165) is 28.4 Å². The van der Waals surface area contributed by atoms with E-state index >= 15 is 0 Å². The number of hydrogen-bond acceptors (Lipinski definition) is 3. The smallest absolute Gasteiger partial charge is 0.179 e. The van der Waals surface area contributed by atoms with E-state index in [1.54, 1.807) is 0 Å². The Morgan fingerprint density at radius 3 is 0.985 bits per heavy atom. The van der Waals surface area contributed by atoms with Crippen LogP contribution in [0.25, 0.3) is 11.1 Å². The maximum Gasteiger partial charge on any atom is 0.179 e. The molecule has 3 nitrogen and oxygen atoms in total. The minimum Gasteiger partial charge on any atom is -0.324 e. The van der Waals surface area contributed by atoms with Crippen LogP contribution >= 0.6 is 0 Å². The molecule has 1 aliphatic heterocycles. The lowest BCUT2D eigenvalue weighted by Crippen LogP contribution is -2.78. The van der Waals surface area contributed by atoms with Crippen LogP contribution in [-0.2, 0) is 0 Å². The molecule has 0 aromatic heterocycles. The highest BCUT2D eigenvalue weighted by molar-refractivity contribution is 7.22. The highest BCUT2D eigenvalue weighted by Crippen LogP contribution is 2.25. The molecule has 10 aromatic rings. The van der Waals surface area contributed by atoms with Gasteiger partial charge in [0.1, 0.15) is 11.7 Å². The maximum atomic E-state index is 5.58. The third-order valence-electron chi connectivity index (χ3n) is 13.4. The van der Waals surface area contributed by atoms with Crippen LogP contribution in [0.1, 0.15) is 22.9 Å². The predicted molar refractivity (Wildman–Crippen MR) is 291 cm³/mol. The minimum atomic E-state index is -3.22. The first-order valence-electron chi connectivity index (χ1n) is 23.3. The molecule has 324 valence electrons. The van der Waals surface area contributed by atoms with E-state index in [9.17, 15) is 0 Å². The SMILES string of the molecule is c1ccc(C2=NC(c3ccccc3)N=C(c3cc([Si](c4ccccc4)(c4ccccc4)c4ccccc4)cc([Si](c4ccccc4)(c4ccccc4)c4cccc(-c5ccccc5)c4)c3)N2)cc1. The molecule has 1 N–H and O–H groups in total. The van der Waals surface area contributed by atoms with Crippen molar-refractivity contribution in [1.82, 2.24) is 5.32 Å². The summed E-state index contributed by atoms with van der Waals surface area (Å²) in [7, 11) is -6.35. The average molecular weight is 904 g/mol. The van der Waals surface area contributed by atoms with Gasteiger partial charge in [-0.3, -0.25) is 0 Å². The topological polar surface area (TPSA) is 36.8 Å². The molecule has 0 amide bonds. The zero-order valence-corrected chi connectivity index (χ0v) is 39.6. The molecular formula is C63H49N3Si2. The summed E-state index contributed by atoms with van der Waals surface area (Å²) < 4.78 is 0. The molecule has 0 bridgehead atoms. The van der Waals surface area contributed by atoms with E-state index in [4.69, 9.17) is 9.98 Å². The Morgan fingerprint density at radius 2 is 0.559 bits per heavy atom. The van der Waals surface area contributed by atoms with E-state index in [2.05, 4.69) is 290 Å². The molecule has 5 heteroatoms. The lowest BCUT2D eigenvalue weighted by atomic mass is 10.1. The molecule has 1 aliphatic rings. The van der Waals surface area contributed by atoms with Crippen molar-refractivity contribution in [3.8, 4) is 11.1 Å². The maximum absolute atomic E-state index is 5.58. The van der Waals surface area contributed by atoms with Crippen molar-refractivity contribution in [2.24, 2.45) is 9.98 Å². The summed E-state index contributed by atoms with van der Waals surface area (Å²) in [6, 6.07) is 105. The number of benzene rings is 10. The van der Waals surface area contributed by atoms with Crippen molar-refractivity contribution in [2.75, 3.05) is 0 Å². The molecule has 0 fully saturated rings. The molecule has 0 aliphatic carbocycles. The molecule has 1 atom stereocenters. The summed E-state index contributed by atoms with van der Waals surface area (Å²) in [6.45, 7) is 0. The van der Waals surface area contributed by atoms with Gasteiger partial charge in [-0.2, -0.15) is 0 Å². The fourth-order valence-electron chi connectivity index (χ4n) is 10.3. The number of aliphatic imine (C=N–C) groups is 2. The summed E-state index contributed by atoms with van der Waals surface area (Å²) in [6.07, 6.45) is -0.457. The molecule has 11 rings (SSSR count). The van der Waals surface area contributed by atoms with Crippen molar-refractivity contribution < 1.29 is 0 Å². The average Bonchev–Trinajstić information content (AvgIpc) is 3.43. The Kier molecular flexibility index (Phi) is 11.8. The first kappa shape index (κ1) is 42.4. The molecule has 10 aromatic carbocycles. The number of amidine groups is 2. The quantitative estimate of drug-likeness (QED) is 0.0969. The summed E-state index contributed by atoms with van der Waals surface area (Å²) in [4.78, 5) is 10.9. The van der Waals surface area contributed by atoms with Crippen LogP contribution in [0.4, 0.5) is 0 Å². The van der Waals surface area contributed by atoms with E-state index in [1.807, 2.05) is 0 Å². The number of rotatable bonds is 12. The summed E-state index contributed by atoms with van der Waals surface area (Å²) >= 11 is 0. The Balaban J connectivity index is 1.29. The first-order valence-corrected chi connectivity index (χ1v) is 27.3. The standard InChI is InChI=1S/C63H49N3Si2/c1-9-26-48(27-10-1)51-32-25-43-58(44-51)68(56-39-21-7-22-40-56,57-41-23-8-24-42-57)60-46-52(63-65-61(49-28-11-2-12-29-49)64-62(66-63)50-30-13-3-14-31-50)45-59(47-60)67(53-33-15-4-16-34-53,54-35-17-5-18-36-54)55-37-19-6-20-38-55/h1-47,61H,(H,64,65,66). The van der Waals surface area contributed by atoms with Gasteiger partial charge in [-0.25, -0.2) is 9.98 Å². The van der Waals surface area contributed by atoms with Crippen LogP contribution in [-0.4, -0.2) is 27.8 Å². The molecule has 68 heavy (non-hydrogen) atoms. The Labute approximate surface area is 401 Å². The van der Waals surface area contributed by atoms with Gasteiger partial charge >= 0.3 is 0 Å². The van der Waals surface area contributed by atoms with Crippen molar-refractivity contribution >= 4 is 69.3 Å². The summed E-state index contributed by atoms with van der Waals surface area (Å²) in [5.74, 6) is 1.58. The molecule has 0 saturated heterocycles. The predicted octanol–water partition coefficient (Wildman–Crippen LogP) is 8.60. The van der Waals surface area contributed by atoms with Gasteiger partial charge in [-0.1, -0.05) is 285 Å². The van der Waals surface area contributed by atoms with Crippen molar-refractivity contribution in [3.63, 3.8) is 0 Å². The van der Waals surface area contributed by atoms with Gasteiger partial charge < -0.3 is 5.32 Å². The number of hydrogen-bond donors (Lipinski definition) is 1. The Hall–Kier alpha value is -8.23. The fourth-order valence-corrected chi connectivity index (χ4v) is 20.1. The summed E-state index contributed by atoms with van der Waals surface area (Å²) in [5, 5.41) is 14.2. The molecule has 1 unspecified atom stereocenters. The first-order chi connectivity index (χ1) is 33.7. The molecule has 0 saturated carbocycles. The van der Waals surface area contributed by atoms with Crippen molar-refractivity contribution in [3.05, 3.63) is 302 Å². The number of nitrogens with one attached hydrogen (secondary N) is 1. The van der Waals surface area contributed by atoms with Crippen LogP contribution in [0.15, 0.2) is 295 Å². The molecule has 0 radical (unpaired) electrons. The van der Waals surface area contributed by atoms with Gasteiger partial charge in [-0.15, -0.1) is 0 Å². The second-order valence-corrected chi connectivity index (χ2v) is 24.9. The molecular weight excluding hydrogens is 855 g/mol. The fraction of sp³-hybridized carbons (Fsp3) is 0.0159. The van der Waals surface area contributed by atoms with Gasteiger partial charge in [0.05, 0.1) is 0 Å². The van der Waals surface area contributed by atoms with Crippen LogP contribution < -0.4 is 46.8 Å². The zero-order chi connectivity index (χ0) is 45.6. The van der Waals surface area contributed by atoms with Gasteiger partial charge in [-0.05, 0) is 58.2 Å². The third kappa shape index (κ3) is 7.88. The van der Waals surface area contributed by atoms with E-state index in [-0.39, 0.29) is 0 Å².